The maximum absolute atomic E-state index is 5.58. The van der Waals surface area contributed by atoms with E-state index in [0.29, 0.717) is 0 Å². The van der Waals surface area contributed by atoms with E-state index in [2.05, 4.69) is 25.7 Å². The fourth-order valence-corrected chi connectivity index (χ4v) is 1.93. The molecule has 0 aliphatic carbocycles. The van der Waals surface area contributed by atoms with Crippen molar-refractivity contribution in [1.82, 2.24) is 4.90 Å². The van der Waals surface area contributed by atoms with Gasteiger partial charge in [-0.15, -0.1) is 0 Å². The van der Waals surface area contributed by atoms with Crippen LogP contribution < -0.4 is 5.73 Å². The fraction of sp³-hybridized carbons (Fsp3) is 1.00. The summed E-state index contributed by atoms with van der Waals surface area (Å²) in [5, 5.41) is 0. The van der Waals surface area contributed by atoms with Crippen molar-refractivity contribution in [3.05, 3.63) is 0 Å². The zero-order valence-electron chi connectivity index (χ0n) is 10.3. The number of nitrogens with two attached hydrogens (primary N) is 1. The van der Waals surface area contributed by atoms with E-state index in [1.807, 2.05) is 0 Å². The van der Waals surface area contributed by atoms with Crippen molar-refractivity contribution in [3.8, 4) is 0 Å². The summed E-state index contributed by atoms with van der Waals surface area (Å²) in [7, 11) is 0. The lowest BCUT2D eigenvalue weighted by Crippen LogP contribution is -2.24. The molecule has 1 atom stereocenters. The van der Waals surface area contributed by atoms with Crippen molar-refractivity contribution in [2.45, 2.75) is 46.5 Å². The van der Waals surface area contributed by atoms with Gasteiger partial charge in [0.15, 0.2) is 0 Å². The quantitative estimate of drug-likeness (QED) is 0.619. The molecule has 0 aliphatic rings. The van der Waals surface area contributed by atoms with Crippen LogP contribution in [0.4, 0.5) is 0 Å². The molecule has 86 valence electrons. The largest absolute Gasteiger partial charge is 0.330 e. The zero-order valence-corrected chi connectivity index (χ0v) is 10.3. The molecule has 0 aromatic carbocycles. The van der Waals surface area contributed by atoms with E-state index < -0.39 is 0 Å². The Balaban J connectivity index is 3.48. The van der Waals surface area contributed by atoms with Crippen LogP contribution in [0.5, 0.6) is 0 Å². The number of rotatable bonds is 9. The predicted octanol–water partition coefficient (Wildman–Crippen LogP) is 2.48. The lowest BCUT2D eigenvalue weighted by Gasteiger charge is -2.19. The molecule has 1 unspecified atom stereocenters. The van der Waals surface area contributed by atoms with Crippen LogP contribution in [0.25, 0.3) is 0 Å². The standard InChI is InChI=1S/C12H28N2/c1-4-12(9-10-13)8-7-11-14(5-2)6-3/h12H,4-11,13H2,1-3H3. The molecule has 0 saturated carbocycles. The van der Waals surface area contributed by atoms with Gasteiger partial charge in [0, 0.05) is 0 Å². The van der Waals surface area contributed by atoms with Crippen LogP contribution in [0.1, 0.15) is 46.5 Å². The van der Waals surface area contributed by atoms with Crippen molar-refractivity contribution < 1.29 is 0 Å². The highest BCUT2D eigenvalue weighted by Crippen LogP contribution is 2.14. The molecule has 0 fully saturated rings. The van der Waals surface area contributed by atoms with E-state index in [9.17, 15) is 0 Å². The van der Waals surface area contributed by atoms with Gasteiger partial charge in [0.05, 0.1) is 0 Å². The minimum atomic E-state index is 0.851. The molecule has 2 nitrogen and oxygen atoms in total. The number of hydrogen-bond acceptors (Lipinski definition) is 2. The first-order valence-electron chi connectivity index (χ1n) is 6.20. The summed E-state index contributed by atoms with van der Waals surface area (Å²) in [6.07, 6.45) is 5.18. The van der Waals surface area contributed by atoms with E-state index in [1.165, 1.54) is 45.3 Å². The monoisotopic (exact) mass is 200 g/mol. The van der Waals surface area contributed by atoms with Crippen molar-refractivity contribution in [2.75, 3.05) is 26.2 Å². The molecule has 0 rings (SSSR count). The Morgan fingerprint density at radius 1 is 1.07 bits per heavy atom. The molecule has 0 bridgehead atoms. The predicted molar refractivity (Wildman–Crippen MR) is 64.5 cm³/mol. The van der Waals surface area contributed by atoms with Crippen LogP contribution in [0, 0.1) is 5.92 Å². The van der Waals surface area contributed by atoms with Gasteiger partial charge in [0.25, 0.3) is 0 Å². The SMILES string of the molecule is CCC(CCN)CCCN(CC)CC. The molecule has 0 spiro atoms. The molecule has 0 saturated heterocycles. The van der Waals surface area contributed by atoms with Crippen LogP contribution in [0.2, 0.25) is 0 Å². The maximum Gasteiger partial charge on any atom is -0.00189 e. The Labute approximate surface area is 89.9 Å². The maximum atomic E-state index is 5.58. The van der Waals surface area contributed by atoms with Gasteiger partial charge in [-0.05, 0) is 51.4 Å². The van der Waals surface area contributed by atoms with E-state index in [1.54, 1.807) is 0 Å². The van der Waals surface area contributed by atoms with Gasteiger partial charge in [-0.25, -0.2) is 0 Å². The van der Waals surface area contributed by atoms with E-state index in [4.69, 9.17) is 5.73 Å². The molecule has 2 N–H and O–H groups in total. The minimum absolute atomic E-state index is 0.851. The third kappa shape index (κ3) is 6.39. The fourth-order valence-electron chi connectivity index (χ4n) is 1.93. The van der Waals surface area contributed by atoms with Crippen LogP contribution in [0.15, 0.2) is 0 Å². The van der Waals surface area contributed by atoms with Gasteiger partial charge in [0.1, 0.15) is 0 Å². The van der Waals surface area contributed by atoms with Crippen molar-refractivity contribution in [2.24, 2.45) is 11.7 Å². The highest BCUT2D eigenvalue weighted by atomic mass is 15.1. The average molecular weight is 200 g/mol. The molecule has 14 heavy (non-hydrogen) atoms. The Hall–Kier alpha value is -0.0800. The number of nitrogens with zero attached hydrogens (tertiary/aromatic N) is 1. The Morgan fingerprint density at radius 3 is 2.14 bits per heavy atom. The van der Waals surface area contributed by atoms with Crippen LogP contribution in [-0.2, 0) is 0 Å². The first-order chi connectivity index (χ1) is 6.78. The Bertz CT molecular complexity index is 111. The average Bonchev–Trinajstić information content (AvgIpc) is 2.23. The lowest BCUT2D eigenvalue weighted by atomic mass is 9.96. The van der Waals surface area contributed by atoms with E-state index >= 15 is 0 Å². The van der Waals surface area contributed by atoms with Gasteiger partial charge in [-0.1, -0.05) is 27.2 Å². The molecule has 0 amide bonds. The second-order valence-corrected chi connectivity index (χ2v) is 4.02. The second-order valence-electron chi connectivity index (χ2n) is 4.02. The summed E-state index contributed by atoms with van der Waals surface area (Å²) in [6.45, 7) is 11.2. The van der Waals surface area contributed by atoms with Crippen LogP contribution >= 0.6 is 0 Å². The van der Waals surface area contributed by atoms with Crippen LogP contribution in [0.3, 0.4) is 0 Å². The van der Waals surface area contributed by atoms with Gasteiger partial charge >= 0.3 is 0 Å². The summed E-state index contributed by atoms with van der Waals surface area (Å²) in [4.78, 5) is 2.50. The van der Waals surface area contributed by atoms with Crippen molar-refractivity contribution in [3.63, 3.8) is 0 Å². The second kappa shape index (κ2) is 9.47. The lowest BCUT2D eigenvalue weighted by molar-refractivity contribution is 0.282. The molecule has 0 aliphatic heterocycles. The van der Waals surface area contributed by atoms with Gasteiger partial charge < -0.3 is 10.6 Å². The third-order valence-electron chi connectivity index (χ3n) is 3.13. The first kappa shape index (κ1) is 13.9. The molecule has 0 aromatic heterocycles. The van der Waals surface area contributed by atoms with Gasteiger partial charge in [-0.3, -0.25) is 0 Å². The van der Waals surface area contributed by atoms with Gasteiger partial charge in [0.2, 0.25) is 0 Å². The summed E-state index contributed by atoms with van der Waals surface area (Å²) in [5.74, 6) is 0.857. The smallest absolute Gasteiger partial charge is 0.00189 e. The molecule has 2 heteroatoms. The summed E-state index contributed by atoms with van der Waals surface area (Å²) in [6, 6.07) is 0. The Kier molecular flexibility index (Phi) is 9.42. The summed E-state index contributed by atoms with van der Waals surface area (Å²) in [5.41, 5.74) is 5.58. The molecular formula is C12H28N2. The Morgan fingerprint density at radius 2 is 1.71 bits per heavy atom. The highest BCUT2D eigenvalue weighted by Gasteiger charge is 2.05. The van der Waals surface area contributed by atoms with E-state index in [-0.39, 0.29) is 0 Å². The highest BCUT2D eigenvalue weighted by molar-refractivity contribution is 4.60. The van der Waals surface area contributed by atoms with Crippen molar-refractivity contribution >= 4 is 0 Å². The topological polar surface area (TPSA) is 29.3 Å². The first-order valence-corrected chi connectivity index (χ1v) is 6.20. The van der Waals surface area contributed by atoms with E-state index in [0.717, 1.165) is 12.5 Å². The molecule has 0 radical (unpaired) electrons. The minimum Gasteiger partial charge on any atom is -0.330 e. The van der Waals surface area contributed by atoms with Gasteiger partial charge in [-0.2, -0.15) is 0 Å². The zero-order chi connectivity index (χ0) is 10.8. The third-order valence-corrected chi connectivity index (χ3v) is 3.13. The molecule has 0 heterocycles. The molecule has 0 aromatic rings. The summed E-state index contributed by atoms with van der Waals surface area (Å²) < 4.78 is 0. The molecular weight excluding hydrogens is 172 g/mol. The normalized spacial score (nSPS) is 13.5. The number of hydrogen-bond donors (Lipinski definition) is 1. The van der Waals surface area contributed by atoms with Crippen LogP contribution in [-0.4, -0.2) is 31.1 Å². The summed E-state index contributed by atoms with van der Waals surface area (Å²) >= 11 is 0. The van der Waals surface area contributed by atoms with Crippen molar-refractivity contribution in [1.29, 1.82) is 0 Å².